The Labute approximate surface area is 130 Å². The van der Waals surface area contributed by atoms with Crippen LogP contribution in [0.4, 0.5) is 9.18 Å². The van der Waals surface area contributed by atoms with E-state index in [1.807, 2.05) is 20.8 Å². The Hall–Kier alpha value is -1.62. The monoisotopic (exact) mass is 309 g/mol. The molecule has 0 aliphatic carbocycles. The summed E-state index contributed by atoms with van der Waals surface area (Å²) in [4.78, 5) is 13.9. The number of aliphatic hydroxyl groups is 1. The molecule has 2 atom stereocenters. The van der Waals surface area contributed by atoms with Crippen LogP contribution in [0.1, 0.15) is 38.7 Å². The molecule has 1 aromatic rings. The van der Waals surface area contributed by atoms with Crippen LogP contribution in [0, 0.1) is 11.7 Å². The molecule has 0 saturated carbocycles. The van der Waals surface area contributed by atoms with Crippen molar-refractivity contribution in [3.63, 3.8) is 0 Å². The van der Waals surface area contributed by atoms with E-state index in [1.165, 1.54) is 12.1 Å². The first kappa shape index (κ1) is 16.7. The van der Waals surface area contributed by atoms with Crippen molar-refractivity contribution in [3.05, 3.63) is 35.6 Å². The molecule has 0 bridgehead atoms. The zero-order valence-electron chi connectivity index (χ0n) is 13.4. The highest BCUT2D eigenvalue weighted by atomic mass is 19.1. The van der Waals surface area contributed by atoms with Crippen LogP contribution < -0.4 is 0 Å². The molecule has 0 radical (unpaired) electrons. The van der Waals surface area contributed by atoms with E-state index < -0.39 is 5.60 Å². The van der Waals surface area contributed by atoms with Crippen LogP contribution in [0.5, 0.6) is 0 Å². The second kappa shape index (κ2) is 6.65. The summed E-state index contributed by atoms with van der Waals surface area (Å²) in [5, 5.41) is 9.58. The third-order valence-electron chi connectivity index (χ3n) is 3.94. The quantitative estimate of drug-likeness (QED) is 0.913. The van der Waals surface area contributed by atoms with Gasteiger partial charge in [-0.2, -0.15) is 0 Å². The van der Waals surface area contributed by atoms with Crippen molar-refractivity contribution in [1.82, 2.24) is 4.90 Å². The number of rotatable bonds is 2. The molecule has 1 heterocycles. The summed E-state index contributed by atoms with van der Waals surface area (Å²) in [6, 6.07) is 6.27. The second-order valence-electron chi connectivity index (χ2n) is 6.82. The highest BCUT2D eigenvalue weighted by Crippen LogP contribution is 2.33. The number of carbonyl (C=O) groups is 1. The summed E-state index contributed by atoms with van der Waals surface area (Å²) >= 11 is 0. The number of carbonyl (C=O) groups excluding carboxylic acids is 1. The molecular formula is C17H24FNO3. The predicted molar refractivity (Wildman–Crippen MR) is 82.1 cm³/mol. The lowest BCUT2D eigenvalue weighted by atomic mass is 9.81. The van der Waals surface area contributed by atoms with Crippen molar-refractivity contribution in [2.24, 2.45) is 5.92 Å². The predicted octanol–water partition coefficient (Wildman–Crippen LogP) is 3.16. The lowest BCUT2D eigenvalue weighted by Crippen LogP contribution is -2.45. The lowest BCUT2D eigenvalue weighted by Gasteiger charge is -2.38. The van der Waals surface area contributed by atoms with Gasteiger partial charge in [-0.15, -0.1) is 0 Å². The molecule has 1 fully saturated rings. The average molecular weight is 309 g/mol. The van der Waals surface area contributed by atoms with Gasteiger partial charge in [0.2, 0.25) is 0 Å². The van der Waals surface area contributed by atoms with Gasteiger partial charge in [0, 0.05) is 25.6 Å². The van der Waals surface area contributed by atoms with Crippen molar-refractivity contribution >= 4 is 6.09 Å². The first-order valence-electron chi connectivity index (χ1n) is 7.64. The number of likely N-dealkylation sites (tertiary alicyclic amines) is 1. The Morgan fingerprint density at radius 1 is 1.36 bits per heavy atom. The zero-order valence-corrected chi connectivity index (χ0v) is 13.4. The van der Waals surface area contributed by atoms with E-state index in [2.05, 4.69) is 0 Å². The molecule has 0 spiro atoms. The molecule has 2 rings (SSSR count). The molecule has 1 amide bonds. The van der Waals surface area contributed by atoms with E-state index in [0.29, 0.717) is 19.5 Å². The molecule has 0 aromatic heterocycles. The van der Waals surface area contributed by atoms with Crippen molar-refractivity contribution < 1.29 is 19.0 Å². The summed E-state index contributed by atoms with van der Waals surface area (Å²) < 4.78 is 18.5. The Bertz CT molecular complexity index is 510. The van der Waals surface area contributed by atoms with Gasteiger partial charge in [-0.3, -0.25) is 0 Å². The van der Waals surface area contributed by atoms with Gasteiger partial charge >= 0.3 is 6.09 Å². The lowest BCUT2D eigenvalue weighted by molar-refractivity contribution is 0.0122. The van der Waals surface area contributed by atoms with Gasteiger partial charge in [-0.05, 0) is 50.8 Å². The van der Waals surface area contributed by atoms with Crippen LogP contribution in [0.3, 0.4) is 0 Å². The summed E-state index contributed by atoms with van der Waals surface area (Å²) in [6.45, 7) is 6.61. The molecule has 5 heteroatoms. The number of aliphatic hydroxyl groups excluding tert-OH is 1. The van der Waals surface area contributed by atoms with Gasteiger partial charge in [0.15, 0.2) is 0 Å². The minimum atomic E-state index is -0.531. The van der Waals surface area contributed by atoms with E-state index in [9.17, 15) is 14.3 Å². The maximum Gasteiger partial charge on any atom is 0.410 e. The molecule has 0 unspecified atom stereocenters. The van der Waals surface area contributed by atoms with Crippen LogP contribution in [0.25, 0.3) is 0 Å². The number of hydrogen-bond donors (Lipinski definition) is 1. The van der Waals surface area contributed by atoms with Gasteiger partial charge in [0.1, 0.15) is 11.4 Å². The highest BCUT2D eigenvalue weighted by molar-refractivity contribution is 5.68. The SMILES string of the molecule is CC(C)(C)OC(=O)N1CC[C@H](CO)[C@@H](c2ccc(F)cc2)C1. The Kier molecular flexibility index (Phi) is 5.06. The fraction of sp³-hybridized carbons (Fsp3) is 0.588. The van der Waals surface area contributed by atoms with E-state index in [-0.39, 0.29) is 30.4 Å². The number of benzene rings is 1. The normalized spacial score (nSPS) is 22.5. The Morgan fingerprint density at radius 3 is 2.55 bits per heavy atom. The summed E-state index contributed by atoms with van der Waals surface area (Å²) in [7, 11) is 0. The minimum Gasteiger partial charge on any atom is -0.444 e. The summed E-state index contributed by atoms with van der Waals surface area (Å²) in [6.07, 6.45) is 0.369. The molecule has 1 saturated heterocycles. The third-order valence-corrected chi connectivity index (χ3v) is 3.94. The third kappa shape index (κ3) is 4.19. The second-order valence-corrected chi connectivity index (χ2v) is 6.82. The van der Waals surface area contributed by atoms with Crippen LogP contribution in [0.2, 0.25) is 0 Å². The Morgan fingerprint density at radius 2 is 2.00 bits per heavy atom. The van der Waals surface area contributed by atoms with Crippen molar-refractivity contribution in [1.29, 1.82) is 0 Å². The van der Waals surface area contributed by atoms with Crippen molar-refractivity contribution in [2.45, 2.75) is 38.7 Å². The molecule has 22 heavy (non-hydrogen) atoms. The van der Waals surface area contributed by atoms with Gasteiger partial charge in [-0.25, -0.2) is 9.18 Å². The number of hydrogen-bond acceptors (Lipinski definition) is 3. The smallest absolute Gasteiger partial charge is 0.410 e. The van der Waals surface area contributed by atoms with E-state index in [4.69, 9.17) is 4.74 Å². The number of halogens is 1. The molecule has 1 aromatic carbocycles. The Balaban J connectivity index is 2.13. The van der Waals surface area contributed by atoms with Gasteiger partial charge < -0.3 is 14.7 Å². The fourth-order valence-corrected chi connectivity index (χ4v) is 2.80. The standard InChI is InChI=1S/C17H24FNO3/c1-17(2,3)22-16(21)19-9-8-13(11-20)15(10-19)12-4-6-14(18)7-5-12/h4-7,13,15,20H,8-11H2,1-3H3/t13-,15-/m1/s1. The van der Waals surface area contributed by atoms with E-state index >= 15 is 0 Å². The first-order valence-corrected chi connectivity index (χ1v) is 7.64. The maximum atomic E-state index is 13.1. The largest absolute Gasteiger partial charge is 0.444 e. The minimum absolute atomic E-state index is 0.00753. The number of nitrogens with zero attached hydrogens (tertiary/aromatic N) is 1. The van der Waals surface area contributed by atoms with Crippen LogP contribution >= 0.6 is 0 Å². The zero-order chi connectivity index (χ0) is 16.3. The summed E-state index contributed by atoms with van der Waals surface area (Å²) in [5.74, 6) is -0.222. The molecule has 1 N–H and O–H groups in total. The molecule has 1 aliphatic rings. The van der Waals surface area contributed by atoms with Crippen LogP contribution in [-0.2, 0) is 4.74 Å². The molecule has 122 valence electrons. The average Bonchev–Trinajstić information content (AvgIpc) is 2.45. The maximum absolute atomic E-state index is 13.1. The van der Waals surface area contributed by atoms with Crippen LogP contribution in [-0.4, -0.2) is 41.4 Å². The van der Waals surface area contributed by atoms with Gasteiger partial charge in [0.05, 0.1) is 0 Å². The van der Waals surface area contributed by atoms with Gasteiger partial charge in [0.25, 0.3) is 0 Å². The fourth-order valence-electron chi connectivity index (χ4n) is 2.80. The van der Waals surface area contributed by atoms with Crippen LogP contribution in [0.15, 0.2) is 24.3 Å². The molecule has 1 aliphatic heterocycles. The number of amides is 1. The van der Waals surface area contributed by atoms with E-state index in [1.54, 1.807) is 17.0 Å². The van der Waals surface area contributed by atoms with Gasteiger partial charge in [-0.1, -0.05) is 12.1 Å². The van der Waals surface area contributed by atoms with Crippen molar-refractivity contribution in [3.8, 4) is 0 Å². The summed E-state index contributed by atoms with van der Waals surface area (Å²) in [5.41, 5.74) is 0.407. The molecule has 4 nitrogen and oxygen atoms in total. The number of ether oxygens (including phenoxy) is 1. The first-order chi connectivity index (χ1) is 10.3. The number of piperidine rings is 1. The highest BCUT2D eigenvalue weighted by Gasteiger charge is 2.34. The van der Waals surface area contributed by atoms with E-state index in [0.717, 1.165) is 5.56 Å². The topological polar surface area (TPSA) is 49.8 Å². The van der Waals surface area contributed by atoms with Crippen molar-refractivity contribution in [2.75, 3.05) is 19.7 Å². The molecular weight excluding hydrogens is 285 g/mol.